The van der Waals surface area contributed by atoms with E-state index in [2.05, 4.69) is 6.92 Å². The van der Waals surface area contributed by atoms with E-state index in [9.17, 15) is 14.7 Å². The normalized spacial score (nSPS) is 12.9. The van der Waals surface area contributed by atoms with Crippen LogP contribution in [0.4, 0.5) is 0 Å². The molecular weight excluding hydrogens is 342 g/mol. The van der Waals surface area contributed by atoms with E-state index in [0.717, 1.165) is 12.8 Å². The first-order valence-electron chi connectivity index (χ1n) is 10.9. The molecule has 0 rings (SSSR count). The average molecular weight is 386 g/mol. The van der Waals surface area contributed by atoms with Crippen LogP contribution < -0.4 is 5.11 Å². The number of carbonyl (C=O) groups excluding carboxylic acids is 2. The number of quaternary nitrogens is 1. The van der Waals surface area contributed by atoms with Gasteiger partial charge in [0.05, 0.1) is 21.1 Å². The van der Waals surface area contributed by atoms with Crippen molar-refractivity contribution in [1.29, 1.82) is 0 Å². The molecule has 1 unspecified atom stereocenters. The minimum absolute atomic E-state index is 0.00963. The van der Waals surface area contributed by atoms with Crippen LogP contribution in [0.2, 0.25) is 0 Å². The Morgan fingerprint density at radius 1 is 0.852 bits per heavy atom. The summed E-state index contributed by atoms with van der Waals surface area (Å²) in [5, 5.41) is 10.8. The van der Waals surface area contributed by atoms with Crippen LogP contribution in [0, 0.1) is 0 Å². The number of unbranched alkanes of at least 4 members (excludes halogenated alkanes) is 10. The van der Waals surface area contributed by atoms with Crippen molar-refractivity contribution in [2.45, 2.75) is 96.5 Å². The molecule has 1 atom stereocenters. The molecule has 0 aromatic heterocycles. The van der Waals surface area contributed by atoms with Crippen LogP contribution in [-0.4, -0.2) is 56.6 Å². The zero-order valence-electron chi connectivity index (χ0n) is 18.3. The minimum Gasteiger partial charge on any atom is -0.550 e. The number of likely N-dealkylation sites (N-methyl/N-ethyl adjacent to an activating group) is 1. The zero-order valence-corrected chi connectivity index (χ0v) is 18.3. The summed E-state index contributed by atoms with van der Waals surface area (Å²) in [6, 6.07) is 0. The summed E-state index contributed by atoms with van der Waals surface area (Å²) in [5.74, 6) is -1.07. The molecule has 5 nitrogen and oxygen atoms in total. The van der Waals surface area contributed by atoms with Gasteiger partial charge in [-0.1, -0.05) is 71.1 Å². The molecule has 0 saturated heterocycles. The van der Waals surface area contributed by atoms with Crippen LogP contribution in [0.15, 0.2) is 0 Å². The summed E-state index contributed by atoms with van der Waals surface area (Å²) in [6.07, 6.45) is 13.7. The van der Waals surface area contributed by atoms with E-state index >= 15 is 0 Å². The maximum Gasteiger partial charge on any atom is 0.158 e. The van der Waals surface area contributed by atoms with Crippen LogP contribution in [0.5, 0.6) is 0 Å². The predicted molar refractivity (Wildman–Crippen MR) is 108 cm³/mol. The fourth-order valence-electron chi connectivity index (χ4n) is 3.24. The Morgan fingerprint density at radius 2 is 1.33 bits per heavy atom. The number of carboxylic acid groups (broad SMARTS) is 1. The number of rotatable bonds is 19. The van der Waals surface area contributed by atoms with Gasteiger partial charge < -0.3 is 19.1 Å². The van der Waals surface area contributed by atoms with Crippen LogP contribution in [0.1, 0.15) is 90.4 Å². The van der Waals surface area contributed by atoms with Gasteiger partial charge in [-0.25, -0.2) is 0 Å². The van der Waals surface area contributed by atoms with Gasteiger partial charge in [-0.05, 0) is 6.42 Å². The van der Waals surface area contributed by atoms with E-state index in [1.54, 1.807) is 0 Å². The first-order valence-corrected chi connectivity index (χ1v) is 10.9. The quantitative estimate of drug-likeness (QED) is 0.252. The molecule has 0 heterocycles. The van der Waals surface area contributed by atoms with Crippen molar-refractivity contribution in [3.05, 3.63) is 0 Å². The van der Waals surface area contributed by atoms with Gasteiger partial charge in [0, 0.05) is 18.8 Å². The maximum absolute atomic E-state index is 12.0. The summed E-state index contributed by atoms with van der Waals surface area (Å²) >= 11 is 0. The molecule has 0 bridgehead atoms. The Morgan fingerprint density at radius 3 is 1.78 bits per heavy atom. The van der Waals surface area contributed by atoms with Crippen LogP contribution in [0.3, 0.4) is 0 Å². The van der Waals surface area contributed by atoms with E-state index in [4.69, 9.17) is 4.74 Å². The lowest BCUT2D eigenvalue weighted by Gasteiger charge is -2.29. The Bertz CT molecular complexity index is 390. The number of hydrogen-bond acceptors (Lipinski definition) is 4. The average Bonchev–Trinajstić information content (AvgIpc) is 2.55. The summed E-state index contributed by atoms with van der Waals surface area (Å²) < 4.78 is 6.14. The van der Waals surface area contributed by atoms with E-state index in [1.807, 2.05) is 21.1 Å². The van der Waals surface area contributed by atoms with Crippen LogP contribution >= 0.6 is 0 Å². The number of carboxylic acids is 1. The Labute approximate surface area is 167 Å². The van der Waals surface area contributed by atoms with Gasteiger partial charge >= 0.3 is 0 Å². The zero-order chi connectivity index (χ0) is 20.5. The van der Waals surface area contributed by atoms with Crippen molar-refractivity contribution in [3.63, 3.8) is 0 Å². The number of ether oxygens (including phenoxy) is 1. The molecule has 0 fully saturated rings. The number of carbonyl (C=O) groups is 2. The second kappa shape index (κ2) is 16.1. The molecule has 5 heteroatoms. The highest BCUT2D eigenvalue weighted by molar-refractivity contribution is 5.79. The highest BCUT2D eigenvalue weighted by Crippen LogP contribution is 2.12. The van der Waals surface area contributed by atoms with Gasteiger partial charge in [0.1, 0.15) is 19.3 Å². The van der Waals surface area contributed by atoms with Crippen molar-refractivity contribution in [2.75, 3.05) is 34.3 Å². The molecule has 27 heavy (non-hydrogen) atoms. The molecule has 160 valence electrons. The lowest BCUT2D eigenvalue weighted by atomic mass is 10.0. The van der Waals surface area contributed by atoms with E-state index in [-0.39, 0.29) is 18.8 Å². The summed E-state index contributed by atoms with van der Waals surface area (Å²) in [4.78, 5) is 22.8. The van der Waals surface area contributed by atoms with Gasteiger partial charge in [0.25, 0.3) is 0 Å². The van der Waals surface area contributed by atoms with E-state index in [0.29, 0.717) is 17.4 Å². The number of hydrogen-bond donors (Lipinski definition) is 0. The van der Waals surface area contributed by atoms with Gasteiger partial charge in [0.2, 0.25) is 0 Å². The van der Waals surface area contributed by atoms with Crippen molar-refractivity contribution in [3.8, 4) is 0 Å². The molecule has 0 amide bonds. The van der Waals surface area contributed by atoms with Crippen LogP contribution in [-0.2, 0) is 14.3 Å². The first-order chi connectivity index (χ1) is 12.7. The third-order valence-electron chi connectivity index (χ3n) is 4.68. The predicted octanol–water partition coefficient (Wildman–Crippen LogP) is 3.49. The standard InChI is InChI=1S/C22H43NO4/c1-5-6-7-8-9-10-11-12-13-14-15-16-20(24)19-27-21(17-22(25)26)18-23(2,3)4/h21H,5-19H2,1-4H3. The van der Waals surface area contributed by atoms with Crippen molar-refractivity contribution in [2.24, 2.45) is 0 Å². The molecule has 0 aromatic rings. The van der Waals surface area contributed by atoms with Gasteiger partial charge in [-0.3, -0.25) is 4.79 Å². The number of nitrogens with zero attached hydrogens (tertiary/aromatic N) is 1. The Hall–Kier alpha value is -0.940. The van der Waals surface area contributed by atoms with Crippen molar-refractivity contribution < 1.29 is 23.9 Å². The third-order valence-corrected chi connectivity index (χ3v) is 4.68. The first kappa shape index (κ1) is 26.1. The highest BCUT2D eigenvalue weighted by atomic mass is 16.5. The molecule has 0 spiro atoms. The number of ketones is 1. The van der Waals surface area contributed by atoms with Crippen molar-refractivity contribution in [1.82, 2.24) is 0 Å². The van der Waals surface area contributed by atoms with Gasteiger partial charge in [-0.15, -0.1) is 0 Å². The molecule has 0 saturated carbocycles. The van der Waals surface area contributed by atoms with E-state index in [1.165, 1.54) is 57.8 Å². The lowest BCUT2D eigenvalue weighted by molar-refractivity contribution is -0.873. The SMILES string of the molecule is CCCCCCCCCCCCCC(=O)COC(CC(=O)[O-])C[N+](C)(C)C. The molecule has 0 aromatic carbocycles. The smallest absolute Gasteiger partial charge is 0.158 e. The summed E-state index contributed by atoms with van der Waals surface area (Å²) in [5.41, 5.74) is 0. The third kappa shape index (κ3) is 19.6. The second-order valence-electron chi connectivity index (χ2n) is 8.81. The largest absolute Gasteiger partial charge is 0.550 e. The number of aliphatic carboxylic acids is 1. The molecular formula is C22H43NO4. The highest BCUT2D eigenvalue weighted by Gasteiger charge is 2.20. The molecule has 0 aliphatic carbocycles. The lowest BCUT2D eigenvalue weighted by Crippen LogP contribution is -2.45. The maximum atomic E-state index is 12.0. The Kier molecular flexibility index (Phi) is 15.5. The van der Waals surface area contributed by atoms with Gasteiger partial charge in [0.15, 0.2) is 5.78 Å². The summed E-state index contributed by atoms with van der Waals surface area (Å²) in [6.45, 7) is 2.79. The second-order valence-corrected chi connectivity index (χ2v) is 8.81. The minimum atomic E-state index is -1.13. The Balaban J connectivity index is 3.67. The van der Waals surface area contributed by atoms with E-state index < -0.39 is 12.1 Å². The van der Waals surface area contributed by atoms with Crippen molar-refractivity contribution >= 4 is 11.8 Å². The fourth-order valence-corrected chi connectivity index (χ4v) is 3.24. The molecule has 0 radical (unpaired) electrons. The topological polar surface area (TPSA) is 66.4 Å². The summed E-state index contributed by atoms with van der Waals surface area (Å²) in [7, 11) is 5.91. The molecule has 0 N–H and O–H groups in total. The number of Topliss-reactive ketones (excluding diaryl/α,β-unsaturated/α-hetero) is 1. The fraction of sp³-hybridized carbons (Fsp3) is 0.909. The molecule has 0 aliphatic rings. The van der Waals surface area contributed by atoms with Gasteiger partial charge in [-0.2, -0.15) is 0 Å². The monoisotopic (exact) mass is 385 g/mol. The van der Waals surface area contributed by atoms with Crippen LogP contribution in [0.25, 0.3) is 0 Å². The molecule has 0 aliphatic heterocycles.